The average molecular weight is 765 g/mol. The quantitative estimate of drug-likeness (QED) is 0.0350. The molecule has 0 bridgehead atoms. The maximum Gasteiger partial charge on any atom is 0.306 e. The van der Waals surface area contributed by atoms with Gasteiger partial charge in [0, 0.05) is 19.3 Å². The summed E-state index contributed by atoms with van der Waals surface area (Å²) in [6.45, 7) is 11.3. The Morgan fingerprint density at radius 2 is 0.704 bits per heavy atom. The molecule has 0 N–H and O–H groups in total. The molecule has 6 heteroatoms. The molecule has 0 radical (unpaired) electrons. The van der Waals surface area contributed by atoms with Crippen LogP contribution < -0.4 is 0 Å². The van der Waals surface area contributed by atoms with E-state index in [1.165, 1.54) is 141 Å². The number of unbranched alkanes of at least 4 members (excludes halogenated alkanes) is 26. The van der Waals surface area contributed by atoms with Gasteiger partial charge >= 0.3 is 17.9 Å². The Labute approximate surface area is 336 Å². The van der Waals surface area contributed by atoms with E-state index in [0.717, 1.165) is 76.0 Å². The molecule has 0 heterocycles. The molecule has 0 aromatic rings. The molecular formula is C48H92O6. The van der Waals surface area contributed by atoms with E-state index in [1.54, 1.807) is 0 Å². The fourth-order valence-corrected chi connectivity index (χ4v) is 7.07. The van der Waals surface area contributed by atoms with Gasteiger partial charge in [0.1, 0.15) is 13.2 Å². The van der Waals surface area contributed by atoms with E-state index in [9.17, 15) is 14.4 Å². The van der Waals surface area contributed by atoms with Crippen molar-refractivity contribution in [1.82, 2.24) is 0 Å². The van der Waals surface area contributed by atoms with Gasteiger partial charge in [-0.15, -0.1) is 0 Å². The largest absolute Gasteiger partial charge is 0.462 e. The van der Waals surface area contributed by atoms with Crippen LogP contribution in [0.5, 0.6) is 0 Å². The van der Waals surface area contributed by atoms with Gasteiger partial charge in [-0.25, -0.2) is 0 Å². The Morgan fingerprint density at radius 1 is 0.389 bits per heavy atom. The van der Waals surface area contributed by atoms with Crippen molar-refractivity contribution >= 4 is 17.9 Å². The summed E-state index contributed by atoms with van der Waals surface area (Å²) in [4.78, 5) is 37.5. The lowest BCUT2D eigenvalue weighted by Gasteiger charge is -2.18. The molecule has 0 aliphatic rings. The lowest BCUT2D eigenvalue weighted by atomic mass is 10.00. The molecule has 0 saturated carbocycles. The van der Waals surface area contributed by atoms with Crippen LogP contribution in [-0.2, 0) is 28.6 Å². The second-order valence-corrected chi connectivity index (χ2v) is 17.1. The number of hydrogen-bond donors (Lipinski definition) is 0. The summed E-state index contributed by atoms with van der Waals surface area (Å²) in [5.74, 6) is 0.801. The Balaban J connectivity index is 4.08. The van der Waals surface area contributed by atoms with Crippen LogP contribution in [0.15, 0.2) is 0 Å². The Hall–Kier alpha value is -1.59. The molecule has 0 aromatic heterocycles. The number of rotatable bonds is 42. The fourth-order valence-electron chi connectivity index (χ4n) is 7.07. The molecule has 0 aliphatic heterocycles. The summed E-state index contributed by atoms with van der Waals surface area (Å²) in [6, 6.07) is 0. The number of carbonyl (C=O) groups is 3. The highest BCUT2D eigenvalue weighted by atomic mass is 16.6. The third kappa shape index (κ3) is 40.1. The molecule has 0 aliphatic carbocycles. The Morgan fingerprint density at radius 3 is 1.06 bits per heavy atom. The standard InChI is InChI=1S/C48H92O6/c1-6-8-9-26-33-38-46(49)52-41-45(42-53-47(50)39-34-29-25-24-28-32-37-44(5)7-2)54-48(51)40-35-30-23-21-19-17-15-13-11-10-12-14-16-18-20-22-27-31-36-43(3)4/h43-45H,6-42H2,1-5H3/t44?,45-/m0/s1. The van der Waals surface area contributed by atoms with Gasteiger partial charge in [0.15, 0.2) is 6.10 Å². The summed E-state index contributed by atoms with van der Waals surface area (Å²) < 4.78 is 16.6. The highest BCUT2D eigenvalue weighted by Crippen LogP contribution is 2.17. The maximum absolute atomic E-state index is 12.7. The lowest BCUT2D eigenvalue weighted by Crippen LogP contribution is -2.30. The SMILES string of the molecule is CCCCCCCC(=O)OC[C@@H](COC(=O)CCCCCCCCC(C)CC)OC(=O)CCCCCCCCCCCCCCCCCCCCC(C)C. The molecule has 0 saturated heterocycles. The third-order valence-electron chi connectivity index (χ3n) is 11.1. The van der Waals surface area contributed by atoms with E-state index in [0.29, 0.717) is 19.3 Å². The maximum atomic E-state index is 12.7. The highest BCUT2D eigenvalue weighted by molar-refractivity contribution is 5.71. The molecule has 0 amide bonds. The van der Waals surface area contributed by atoms with Crippen LogP contribution in [0.1, 0.15) is 259 Å². The predicted molar refractivity (Wildman–Crippen MR) is 229 cm³/mol. The van der Waals surface area contributed by atoms with Gasteiger partial charge < -0.3 is 14.2 Å². The van der Waals surface area contributed by atoms with Crippen LogP contribution in [0.2, 0.25) is 0 Å². The van der Waals surface area contributed by atoms with Crippen molar-refractivity contribution in [1.29, 1.82) is 0 Å². The van der Waals surface area contributed by atoms with E-state index in [1.807, 2.05) is 0 Å². The lowest BCUT2D eigenvalue weighted by molar-refractivity contribution is -0.167. The van der Waals surface area contributed by atoms with Crippen molar-refractivity contribution in [3.63, 3.8) is 0 Å². The fraction of sp³-hybridized carbons (Fsp3) is 0.938. The zero-order valence-electron chi connectivity index (χ0n) is 36.8. The topological polar surface area (TPSA) is 78.9 Å². The molecule has 320 valence electrons. The Kier molecular flexibility index (Phi) is 39.8. The van der Waals surface area contributed by atoms with E-state index in [2.05, 4.69) is 34.6 Å². The first-order valence-corrected chi connectivity index (χ1v) is 23.8. The van der Waals surface area contributed by atoms with E-state index in [-0.39, 0.29) is 31.1 Å². The van der Waals surface area contributed by atoms with Crippen molar-refractivity contribution < 1.29 is 28.6 Å². The average Bonchev–Trinajstić information content (AvgIpc) is 3.15. The number of hydrogen-bond acceptors (Lipinski definition) is 6. The van der Waals surface area contributed by atoms with Crippen LogP contribution >= 0.6 is 0 Å². The smallest absolute Gasteiger partial charge is 0.306 e. The monoisotopic (exact) mass is 765 g/mol. The van der Waals surface area contributed by atoms with Crippen LogP contribution in [0.25, 0.3) is 0 Å². The van der Waals surface area contributed by atoms with E-state index < -0.39 is 6.10 Å². The molecule has 6 nitrogen and oxygen atoms in total. The summed E-state index contributed by atoms with van der Waals surface area (Å²) in [6.07, 6.45) is 39.9. The van der Waals surface area contributed by atoms with Crippen LogP contribution in [0, 0.1) is 11.8 Å². The van der Waals surface area contributed by atoms with E-state index in [4.69, 9.17) is 14.2 Å². The number of carbonyl (C=O) groups excluding carboxylic acids is 3. The number of ether oxygens (including phenoxy) is 3. The molecule has 2 atom stereocenters. The second-order valence-electron chi connectivity index (χ2n) is 17.1. The molecular weight excluding hydrogens is 673 g/mol. The Bertz CT molecular complexity index is 826. The van der Waals surface area contributed by atoms with Crippen molar-refractivity contribution in [2.45, 2.75) is 265 Å². The predicted octanol–water partition coefficient (Wildman–Crippen LogP) is 15.0. The third-order valence-corrected chi connectivity index (χ3v) is 11.1. The molecule has 0 rings (SSSR count). The summed E-state index contributed by atoms with van der Waals surface area (Å²) in [7, 11) is 0. The van der Waals surface area contributed by atoms with E-state index >= 15 is 0 Å². The normalized spacial score (nSPS) is 12.6. The minimum absolute atomic E-state index is 0.0667. The van der Waals surface area contributed by atoms with Crippen molar-refractivity contribution in [3.05, 3.63) is 0 Å². The van der Waals surface area contributed by atoms with Gasteiger partial charge in [-0.2, -0.15) is 0 Å². The van der Waals surface area contributed by atoms with Crippen molar-refractivity contribution in [3.8, 4) is 0 Å². The summed E-state index contributed by atoms with van der Waals surface area (Å²) in [5.41, 5.74) is 0. The minimum Gasteiger partial charge on any atom is -0.462 e. The first kappa shape index (κ1) is 52.4. The van der Waals surface area contributed by atoms with Crippen LogP contribution in [-0.4, -0.2) is 37.2 Å². The minimum atomic E-state index is -0.759. The summed E-state index contributed by atoms with van der Waals surface area (Å²) >= 11 is 0. The zero-order chi connectivity index (χ0) is 39.7. The highest BCUT2D eigenvalue weighted by Gasteiger charge is 2.19. The van der Waals surface area contributed by atoms with Crippen molar-refractivity contribution in [2.24, 2.45) is 11.8 Å². The number of esters is 3. The van der Waals surface area contributed by atoms with Gasteiger partial charge in [-0.1, -0.05) is 221 Å². The summed E-state index contributed by atoms with van der Waals surface area (Å²) in [5, 5.41) is 0. The molecule has 0 aromatic carbocycles. The first-order chi connectivity index (χ1) is 26.3. The molecule has 1 unspecified atom stereocenters. The van der Waals surface area contributed by atoms with Crippen molar-refractivity contribution in [2.75, 3.05) is 13.2 Å². The van der Waals surface area contributed by atoms with Gasteiger partial charge in [0.05, 0.1) is 0 Å². The molecule has 0 fully saturated rings. The van der Waals surface area contributed by atoms with Gasteiger partial charge in [0.2, 0.25) is 0 Å². The molecule has 0 spiro atoms. The zero-order valence-corrected chi connectivity index (χ0v) is 36.8. The van der Waals surface area contributed by atoms with Crippen LogP contribution in [0.4, 0.5) is 0 Å². The second kappa shape index (κ2) is 41.1. The molecule has 54 heavy (non-hydrogen) atoms. The van der Waals surface area contributed by atoms with Crippen LogP contribution in [0.3, 0.4) is 0 Å². The van der Waals surface area contributed by atoms with Gasteiger partial charge in [0.25, 0.3) is 0 Å². The van der Waals surface area contributed by atoms with Gasteiger partial charge in [-0.05, 0) is 31.1 Å². The van der Waals surface area contributed by atoms with Gasteiger partial charge in [-0.3, -0.25) is 14.4 Å². The first-order valence-electron chi connectivity index (χ1n) is 23.8.